The molecule has 0 radical (unpaired) electrons. The Bertz CT molecular complexity index is 544. The second-order valence-electron chi connectivity index (χ2n) is 4.40. The molecule has 0 aliphatic heterocycles. The number of hydrogen-bond acceptors (Lipinski definition) is 4. The Morgan fingerprint density at radius 1 is 1.22 bits per heavy atom. The third-order valence-corrected chi connectivity index (χ3v) is 3.04. The lowest BCUT2D eigenvalue weighted by Gasteiger charge is -2.02. The number of hydrogen-bond donors (Lipinski definition) is 2. The predicted octanol–water partition coefficient (Wildman–Crippen LogP) is 2.09. The van der Waals surface area contributed by atoms with Crippen molar-refractivity contribution in [2.24, 2.45) is 5.73 Å². The van der Waals surface area contributed by atoms with E-state index in [4.69, 9.17) is 5.73 Å². The van der Waals surface area contributed by atoms with Gasteiger partial charge in [0.2, 0.25) is 0 Å². The van der Waals surface area contributed by atoms with Crippen molar-refractivity contribution in [2.45, 2.75) is 18.4 Å². The summed E-state index contributed by atoms with van der Waals surface area (Å²) in [4.78, 5) is 8.62. The predicted molar refractivity (Wildman–Crippen MR) is 71.7 cm³/mol. The maximum Gasteiger partial charge on any atom is 0.159 e. The van der Waals surface area contributed by atoms with Crippen LogP contribution in [0.2, 0.25) is 0 Å². The van der Waals surface area contributed by atoms with E-state index in [1.807, 2.05) is 18.5 Å². The molecule has 94 valence electrons. The van der Waals surface area contributed by atoms with Crippen LogP contribution in [-0.4, -0.2) is 21.1 Å². The summed E-state index contributed by atoms with van der Waals surface area (Å²) < 4.78 is 0. The first-order chi connectivity index (χ1) is 8.24. The highest BCUT2D eigenvalue weighted by molar-refractivity contribution is 5.85. The molecule has 2 atom stereocenters. The van der Waals surface area contributed by atoms with E-state index in [-0.39, 0.29) is 24.2 Å². The third kappa shape index (κ3) is 2.44. The molecule has 2 aromatic rings. The first-order valence-corrected chi connectivity index (χ1v) is 5.61. The van der Waals surface area contributed by atoms with Crippen LogP contribution < -0.4 is 5.73 Å². The molecule has 3 N–H and O–H groups in total. The van der Waals surface area contributed by atoms with Crippen LogP contribution in [0, 0.1) is 0 Å². The molecule has 0 saturated heterocycles. The zero-order chi connectivity index (χ0) is 11.8. The molecule has 5 heteroatoms. The van der Waals surface area contributed by atoms with Gasteiger partial charge in [-0.1, -0.05) is 12.1 Å². The number of aromatic nitrogens is 2. The van der Waals surface area contributed by atoms with Gasteiger partial charge in [0.1, 0.15) is 5.75 Å². The van der Waals surface area contributed by atoms with Gasteiger partial charge < -0.3 is 10.8 Å². The van der Waals surface area contributed by atoms with Gasteiger partial charge in [0.25, 0.3) is 0 Å². The topological polar surface area (TPSA) is 72.0 Å². The quantitative estimate of drug-likeness (QED) is 0.870. The molecular formula is C13H14ClN3O. The number of aromatic hydroxyl groups is 1. The molecule has 18 heavy (non-hydrogen) atoms. The van der Waals surface area contributed by atoms with Crippen LogP contribution in [0.5, 0.6) is 5.75 Å². The molecule has 3 rings (SSSR count). The van der Waals surface area contributed by atoms with Crippen LogP contribution >= 0.6 is 12.4 Å². The minimum atomic E-state index is 0. The molecule has 1 saturated carbocycles. The Morgan fingerprint density at radius 2 is 1.89 bits per heavy atom. The molecule has 4 nitrogen and oxygen atoms in total. The Hall–Kier alpha value is -1.65. The fraction of sp³-hybridized carbons (Fsp3) is 0.231. The maximum atomic E-state index is 9.39. The number of halogens is 1. The molecule has 0 spiro atoms. The van der Waals surface area contributed by atoms with Crippen molar-refractivity contribution in [3.63, 3.8) is 0 Å². The van der Waals surface area contributed by atoms with Gasteiger partial charge in [-0.2, -0.15) is 0 Å². The van der Waals surface area contributed by atoms with E-state index in [0.717, 1.165) is 17.5 Å². The van der Waals surface area contributed by atoms with Crippen molar-refractivity contribution < 1.29 is 5.11 Å². The van der Waals surface area contributed by atoms with Gasteiger partial charge in [-0.05, 0) is 24.1 Å². The van der Waals surface area contributed by atoms with Crippen molar-refractivity contribution in [3.05, 3.63) is 42.2 Å². The van der Waals surface area contributed by atoms with Crippen LogP contribution in [-0.2, 0) is 0 Å². The van der Waals surface area contributed by atoms with Crippen molar-refractivity contribution in [2.75, 3.05) is 0 Å². The lowest BCUT2D eigenvalue weighted by atomic mass is 10.2. The SMILES string of the molecule is Cl.NC1CC1c1cnc(-c2cccc(O)c2)nc1. The minimum Gasteiger partial charge on any atom is -0.508 e. The molecule has 2 unspecified atom stereocenters. The normalized spacial score (nSPS) is 21.2. The zero-order valence-electron chi connectivity index (χ0n) is 9.65. The van der Waals surface area contributed by atoms with Crippen molar-refractivity contribution >= 4 is 12.4 Å². The average molecular weight is 264 g/mol. The van der Waals surface area contributed by atoms with E-state index >= 15 is 0 Å². The lowest BCUT2D eigenvalue weighted by Crippen LogP contribution is -2.01. The summed E-state index contributed by atoms with van der Waals surface area (Å²) in [5.74, 6) is 1.27. The monoisotopic (exact) mass is 263 g/mol. The number of nitrogens with zero attached hydrogens (tertiary/aromatic N) is 2. The van der Waals surface area contributed by atoms with E-state index in [9.17, 15) is 5.11 Å². The van der Waals surface area contributed by atoms with Crippen molar-refractivity contribution in [1.82, 2.24) is 9.97 Å². The standard InChI is InChI=1S/C13H13N3O.ClH/c14-12-5-11(12)9-6-15-13(16-7-9)8-2-1-3-10(17)4-8;/h1-4,6-7,11-12,17H,5,14H2;1H. The molecule has 0 amide bonds. The van der Waals surface area contributed by atoms with Gasteiger partial charge in [-0.3, -0.25) is 0 Å². The second-order valence-corrected chi connectivity index (χ2v) is 4.40. The number of phenolic OH excluding ortho intramolecular Hbond substituents is 1. The van der Waals surface area contributed by atoms with Crippen molar-refractivity contribution in [3.8, 4) is 17.1 Å². The van der Waals surface area contributed by atoms with Crippen LogP contribution in [0.15, 0.2) is 36.7 Å². The summed E-state index contributed by atoms with van der Waals surface area (Å²) in [7, 11) is 0. The molecule has 1 fully saturated rings. The Labute approximate surface area is 111 Å². The molecule has 1 aromatic heterocycles. The van der Waals surface area contributed by atoms with Gasteiger partial charge in [-0.25, -0.2) is 9.97 Å². The third-order valence-electron chi connectivity index (χ3n) is 3.04. The highest BCUT2D eigenvalue weighted by Gasteiger charge is 2.35. The first kappa shape index (κ1) is 12.8. The summed E-state index contributed by atoms with van der Waals surface area (Å²) in [5, 5.41) is 9.39. The Morgan fingerprint density at radius 3 is 2.44 bits per heavy atom. The number of rotatable bonds is 2. The summed E-state index contributed by atoms with van der Waals surface area (Å²) in [6, 6.07) is 7.19. The minimum absolute atomic E-state index is 0. The fourth-order valence-corrected chi connectivity index (χ4v) is 1.92. The van der Waals surface area contributed by atoms with Gasteiger partial charge in [0, 0.05) is 29.9 Å². The summed E-state index contributed by atoms with van der Waals surface area (Å²) in [5.41, 5.74) is 7.69. The van der Waals surface area contributed by atoms with Crippen LogP contribution in [0.3, 0.4) is 0 Å². The van der Waals surface area contributed by atoms with Gasteiger partial charge >= 0.3 is 0 Å². The second kappa shape index (κ2) is 4.92. The fourth-order valence-electron chi connectivity index (χ4n) is 1.92. The number of benzene rings is 1. The summed E-state index contributed by atoms with van der Waals surface area (Å²) in [6.07, 6.45) is 4.67. The first-order valence-electron chi connectivity index (χ1n) is 5.61. The maximum absolute atomic E-state index is 9.39. The van der Waals surface area contributed by atoms with Crippen LogP contribution in [0.1, 0.15) is 17.9 Å². The molecule has 1 aliphatic carbocycles. The zero-order valence-corrected chi connectivity index (χ0v) is 10.5. The van der Waals surface area contributed by atoms with E-state index in [2.05, 4.69) is 9.97 Å². The smallest absolute Gasteiger partial charge is 0.159 e. The number of nitrogens with two attached hydrogens (primary N) is 1. The van der Waals surface area contributed by atoms with Crippen LogP contribution in [0.25, 0.3) is 11.4 Å². The summed E-state index contributed by atoms with van der Waals surface area (Å²) in [6.45, 7) is 0. The molecule has 1 heterocycles. The number of phenols is 1. The van der Waals surface area contributed by atoms with Gasteiger partial charge in [0.15, 0.2) is 5.82 Å². The van der Waals surface area contributed by atoms with Crippen LogP contribution in [0.4, 0.5) is 0 Å². The molecule has 1 aliphatic rings. The molecule has 1 aromatic carbocycles. The van der Waals surface area contributed by atoms with E-state index < -0.39 is 0 Å². The Kier molecular flexibility index (Phi) is 3.50. The highest BCUT2D eigenvalue weighted by Crippen LogP contribution is 2.38. The summed E-state index contributed by atoms with van der Waals surface area (Å²) >= 11 is 0. The van der Waals surface area contributed by atoms with E-state index in [1.165, 1.54) is 0 Å². The van der Waals surface area contributed by atoms with E-state index in [1.54, 1.807) is 18.2 Å². The average Bonchev–Trinajstić information content (AvgIpc) is 3.07. The lowest BCUT2D eigenvalue weighted by molar-refractivity contribution is 0.475. The van der Waals surface area contributed by atoms with Gasteiger partial charge in [-0.15, -0.1) is 12.4 Å². The van der Waals surface area contributed by atoms with Crippen molar-refractivity contribution in [1.29, 1.82) is 0 Å². The van der Waals surface area contributed by atoms with E-state index in [0.29, 0.717) is 11.7 Å². The Balaban J connectivity index is 0.00000120. The largest absolute Gasteiger partial charge is 0.508 e. The highest BCUT2D eigenvalue weighted by atomic mass is 35.5. The van der Waals surface area contributed by atoms with Gasteiger partial charge in [0.05, 0.1) is 0 Å². The molecule has 0 bridgehead atoms. The molecular weight excluding hydrogens is 250 g/mol.